The van der Waals surface area contributed by atoms with Gasteiger partial charge in [-0.05, 0) is 18.1 Å². The molecule has 1 aromatic rings. The van der Waals surface area contributed by atoms with Gasteiger partial charge in [0.05, 0.1) is 35.0 Å². The number of carbonyl (C=O) groups excluding carboxylic acids is 2. The van der Waals surface area contributed by atoms with E-state index in [1.54, 1.807) is 6.07 Å². The van der Waals surface area contributed by atoms with Gasteiger partial charge in [-0.25, -0.2) is 4.79 Å². The van der Waals surface area contributed by atoms with Gasteiger partial charge in [-0.3, -0.25) is 13.5 Å². The Bertz CT molecular complexity index is 1250. The van der Waals surface area contributed by atoms with Crippen molar-refractivity contribution in [1.29, 1.82) is 0 Å². The van der Waals surface area contributed by atoms with Crippen LogP contribution in [0, 0.1) is 17.8 Å². The number of hydrogen-bond donors (Lipinski definition) is 1. The largest absolute Gasteiger partial charge is 0.464 e. The molecule has 3 fully saturated rings. The van der Waals surface area contributed by atoms with E-state index in [1.807, 2.05) is 0 Å². The average Bonchev–Trinajstić information content (AvgIpc) is 3.39. The molecule has 2 saturated carbocycles. The van der Waals surface area contributed by atoms with E-state index in [4.69, 9.17) is 41.7 Å². The van der Waals surface area contributed by atoms with E-state index < -0.39 is 79.7 Å². The molecule has 0 aromatic heterocycles. The minimum atomic E-state index is -4.38. The highest BCUT2D eigenvalue weighted by Crippen LogP contribution is 2.58. The minimum Gasteiger partial charge on any atom is -0.464 e. The van der Waals surface area contributed by atoms with Crippen LogP contribution in [0.15, 0.2) is 12.1 Å². The molecule has 1 aromatic carbocycles. The fraction of sp³-hybridized carbons (Fsp3) is 0.600. The molecular formula is C20H21B3O10S2. The van der Waals surface area contributed by atoms with Crippen LogP contribution in [0.2, 0.25) is 0 Å². The first-order valence-electron chi connectivity index (χ1n) is 10.9. The molecule has 2 bridgehead atoms. The zero-order valence-electron chi connectivity index (χ0n) is 18.5. The van der Waals surface area contributed by atoms with Crippen molar-refractivity contribution in [3.63, 3.8) is 0 Å². The van der Waals surface area contributed by atoms with Crippen molar-refractivity contribution in [3.05, 3.63) is 34.4 Å². The van der Waals surface area contributed by atoms with Crippen molar-refractivity contribution in [2.75, 3.05) is 12.4 Å². The first-order valence-corrected chi connectivity index (χ1v) is 14.0. The molecule has 0 spiro atoms. The zero-order valence-corrected chi connectivity index (χ0v) is 20.2. The number of hydrogen-bond acceptors (Lipinski definition) is 9. The third kappa shape index (κ3) is 4.79. The molecule has 2 aliphatic carbocycles. The van der Waals surface area contributed by atoms with E-state index in [0.717, 1.165) is 0 Å². The van der Waals surface area contributed by atoms with Crippen LogP contribution in [0.4, 0.5) is 0 Å². The minimum absolute atomic E-state index is 0.00235. The van der Waals surface area contributed by atoms with Crippen LogP contribution in [-0.4, -0.2) is 86.7 Å². The van der Waals surface area contributed by atoms with Crippen LogP contribution in [0.1, 0.15) is 33.5 Å². The number of rotatable bonds is 9. The summed E-state index contributed by atoms with van der Waals surface area (Å²) in [6, 6.07) is 3.28. The Morgan fingerprint density at radius 3 is 2.43 bits per heavy atom. The number of benzene rings is 1. The van der Waals surface area contributed by atoms with Gasteiger partial charge in [0.25, 0.3) is 20.2 Å². The quantitative estimate of drug-likeness (QED) is 0.187. The van der Waals surface area contributed by atoms with Crippen molar-refractivity contribution in [3.8, 4) is 0 Å². The van der Waals surface area contributed by atoms with Gasteiger partial charge in [-0.2, -0.15) is 16.8 Å². The van der Waals surface area contributed by atoms with Crippen molar-refractivity contribution in [2.24, 2.45) is 17.8 Å². The van der Waals surface area contributed by atoms with E-state index in [0.29, 0.717) is 16.7 Å². The molecule has 1 saturated heterocycles. The number of carbonyl (C=O) groups is 2. The predicted octanol–water partition coefficient (Wildman–Crippen LogP) is -0.988. The van der Waals surface area contributed by atoms with E-state index >= 15 is 0 Å². The first-order chi connectivity index (χ1) is 16.4. The van der Waals surface area contributed by atoms with Crippen LogP contribution in [0.5, 0.6) is 0 Å². The van der Waals surface area contributed by atoms with Crippen LogP contribution >= 0.6 is 0 Å². The van der Waals surface area contributed by atoms with Crippen molar-refractivity contribution < 1.29 is 44.6 Å². The molecule has 15 heteroatoms. The first kappa shape index (κ1) is 26.2. The normalized spacial score (nSPS) is 30.3. The Labute approximate surface area is 207 Å². The maximum Gasteiger partial charge on any atom is 0.338 e. The fourth-order valence-corrected chi connectivity index (χ4v) is 7.86. The highest BCUT2D eigenvalue weighted by atomic mass is 32.2. The average molecular weight is 518 g/mol. The SMILES string of the molecule is [B]Cc1cc(C[B])c(C[B])c(C(=O)OC2C3CC4C2OS(=O)(=O)C4C3C(=O)OCCS(=O)(=O)O)c1. The third-order valence-electron chi connectivity index (χ3n) is 6.91. The smallest absolute Gasteiger partial charge is 0.338 e. The second kappa shape index (κ2) is 9.57. The molecule has 35 heavy (non-hydrogen) atoms. The lowest BCUT2D eigenvalue weighted by Gasteiger charge is -2.30. The summed E-state index contributed by atoms with van der Waals surface area (Å²) in [5, 5.41) is -1.19. The standard InChI is InChI=1S/C20H21B3O10S2/c21-6-9-3-10(7-22)14(8-23)11(4-9)19(24)32-16-12-5-13-17(16)33-35(29,30)18(13)15(12)20(25)31-1-2-34(26,27)28/h3-4,12-13,15-18H,1-2,5-8H2,(H,26,27,28). The molecule has 6 atom stereocenters. The lowest BCUT2D eigenvalue weighted by Crippen LogP contribution is -2.46. The fourth-order valence-electron chi connectivity index (χ4n) is 5.51. The second-order valence-electron chi connectivity index (χ2n) is 8.82. The lowest BCUT2D eigenvalue weighted by molar-refractivity contribution is -0.152. The van der Waals surface area contributed by atoms with Crippen LogP contribution in [-0.2, 0) is 57.6 Å². The van der Waals surface area contributed by atoms with Crippen molar-refractivity contribution >= 4 is 55.7 Å². The summed E-state index contributed by atoms with van der Waals surface area (Å²) in [5.74, 6) is -5.11. The van der Waals surface area contributed by atoms with Gasteiger partial charge >= 0.3 is 11.9 Å². The lowest BCUT2D eigenvalue weighted by atomic mass is 9.81. The summed E-state index contributed by atoms with van der Waals surface area (Å²) in [4.78, 5) is 26.0. The van der Waals surface area contributed by atoms with Gasteiger partial charge in [0.2, 0.25) is 0 Å². The Morgan fingerprint density at radius 2 is 1.83 bits per heavy atom. The van der Waals surface area contributed by atoms with Crippen molar-refractivity contribution in [1.82, 2.24) is 0 Å². The topological polar surface area (TPSA) is 150 Å². The summed E-state index contributed by atoms with van der Waals surface area (Å²) in [7, 11) is 8.82. The highest BCUT2D eigenvalue weighted by molar-refractivity contribution is 7.87. The molecule has 10 nitrogen and oxygen atoms in total. The third-order valence-corrected chi connectivity index (χ3v) is 9.39. The summed E-state index contributed by atoms with van der Waals surface area (Å²) in [6.07, 6.45) is -1.53. The van der Waals surface area contributed by atoms with E-state index in [2.05, 4.69) is 0 Å². The van der Waals surface area contributed by atoms with Gasteiger partial charge in [-0.15, -0.1) is 0 Å². The highest BCUT2D eigenvalue weighted by Gasteiger charge is 2.72. The Morgan fingerprint density at radius 1 is 1.11 bits per heavy atom. The molecule has 1 aliphatic heterocycles. The van der Waals surface area contributed by atoms with E-state index in [-0.39, 0.29) is 30.9 Å². The molecule has 6 radical (unpaired) electrons. The monoisotopic (exact) mass is 518 g/mol. The molecule has 1 N–H and O–H groups in total. The van der Waals surface area contributed by atoms with Gasteiger partial charge in [0.15, 0.2) is 0 Å². The number of fused-ring (bicyclic) bond motifs is 1. The molecule has 6 unspecified atom stereocenters. The molecule has 1 heterocycles. The number of esters is 2. The molecule has 0 amide bonds. The molecular weight excluding hydrogens is 497 g/mol. The van der Waals surface area contributed by atoms with Gasteiger partial charge in [-0.1, -0.05) is 36.2 Å². The predicted molar refractivity (Wildman–Crippen MR) is 124 cm³/mol. The second-order valence-corrected chi connectivity index (χ2v) is 12.1. The molecule has 4 rings (SSSR count). The Hall–Kier alpha value is -1.83. The maximum absolute atomic E-state index is 13.2. The van der Waals surface area contributed by atoms with Gasteiger partial charge < -0.3 is 9.47 Å². The molecule has 3 aliphatic rings. The summed E-state index contributed by atoms with van der Waals surface area (Å²) in [6.45, 7) is -0.652. The van der Waals surface area contributed by atoms with Crippen molar-refractivity contribution in [2.45, 2.75) is 42.8 Å². The summed E-state index contributed by atoms with van der Waals surface area (Å²) in [5.41, 5.74) is 1.86. The summed E-state index contributed by atoms with van der Waals surface area (Å²) < 4.78 is 71.9. The number of ether oxygens (including phenoxy) is 2. The van der Waals surface area contributed by atoms with Gasteiger partial charge in [0, 0.05) is 11.8 Å². The van der Waals surface area contributed by atoms with Crippen LogP contribution < -0.4 is 0 Å². The summed E-state index contributed by atoms with van der Waals surface area (Å²) >= 11 is 0. The Kier molecular flexibility index (Phi) is 7.17. The molecule has 182 valence electrons. The zero-order chi connectivity index (χ0) is 25.7. The van der Waals surface area contributed by atoms with E-state index in [9.17, 15) is 26.4 Å². The van der Waals surface area contributed by atoms with E-state index in [1.165, 1.54) is 6.07 Å². The Balaban J connectivity index is 1.60. The van der Waals surface area contributed by atoms with Gasteiger partial charge in [0.1, 0.15) is 29.8 Å². The maximum atomic E-state index is 13.2. The van der Waals surface area contributed by atoms with Crippen LogP contribution in [0.25, 0.3) is 0 Å². The van der Waals surface area contributed by atoms with Crippen LogP contribution in [0.3, 0.4) is 0 Å².